The third kappa shape index (κ3) is 5.51. The Morgan fingerprint density at radius 2 is 1.79 bits per heavy atom. The highest BCUT2D eigenvalue weighted by molar-refractivity contribution is 5.89. The van der Waals surface area contributed by atoms with Crippen LogP contribution in [-0.2, 0) is 15.0 Å². The van der Waals surface area contributed by atoms with Gasteiger partial charge in [0.05, 0.1) is 20.6 Å². The number of rotatable bonds is 8. The highest BCUT2D eigenvalue weighted by Gasteiger charge is 2.53. The molecule has 0 bridgehead atoms. The van der Waals surface area contributed by atoms with Gasteiger partial charge in [0.2, 0.25) is 5.91 Å². The van der Waals surface area contributed by atoms with Crippen LogP contribution in [0.1, 0.15) is 44.1 Å². The van der Waals surface area contributed by atoms with Gasteiger partial charge in [-0.15, -0.1) is 0 Å². The third-order valence-electron chi connectivity index (χ3n) is 7.60. The van der Waals surface area contributed by atoms with Gasteiger partial charge in [-0.05, 0) is 55.5 Å². The van der Waals surface area contributed by atoms with Gasteiger partial charge in [0.1, 0.15) is 0 Å². The van der Waals surface area contributed by atoms with Gasteiger partial charge in [-0.1, -0.05) is 6.07 Å². The summed E-state index contributed by atoms with van der Waals surface area (Å²) in [5.41, 5.74) is 0.689. The molecule has 3 atom stereocenters. The lowest BCUT2D eigenvalue weighted by Gasteiger charge is -2.45. The second-order valence-corrected chi connectivity index (χ2v) is 9.67. The van der Waals surface area contributed by atoms with Crippen molar-refractivity contribution in [3.8, 4) is 11.5 Å². The first-order chi connectivity index (χ1) is 18.2. The van der Waals surface area contributed by atoms with E-state index in [1.165, 1.54) is 6.07 Å². The zero-order chi connectivity index (χ0) is 27.4. The van der Waals surface area contributed by atoms with Gasteiger partial charge in [0, 0.05) is 42.2 Å². The van der Waals surface area contributed by atoms with Crippen LogP contribution in [0.2, 0.25) is 0 Å². The smallest absolute Gasteiger partial charge is 0.319 e. The Kier molecular flexibility index (Phi) is 8.03. The molecule has 2 aromatic carbocycles. The minimum Gasteiger partial charge on any atom is -0.493 e. The average molecular weight is 532 g/mol. The molecule has 9 nitrogen and oxygen atoms in total. The molecule has 0 radical (unpaired) electrons. The van der Waals surface area contributed by atoms with Gasteiger partial charge in [0.15, 0.2) is 23.1 Å². The molecule has 1 saturated heterocycles. The van der Waals surface area contributed by atoms with E-state index in [-0.39, 0.29) is 36.5 Å². The van der Waals surface area contributed by atoms with Crippen LogP contribution in [0.4, 0.5) is 19.3 Å². The van der Waals surface area contributed by atoms with E-state index in [2.05, 4.69) is 10.6 Å². The van der Waals surface area contributed by atoms with Crippen molar-refractivity contribution in [1.82, 2.24) is 10.2 Å². The number of hydrogen-bond donors (Lipinski definition) is 3. The number of aliphatic carboxylic acids is 1. The zero-order valence-electron chi connectivity index (χ0n) is 21.3. The highest BCUT2D eigenvalue weighted by atomic mass is 19.2. The third-order valence-corrected chi connectivity index (χ3v) is 7.60. The van der Waals surface area contributed by atoms with Crippen molar-refractivity contribution in [2.45, 2.75) is 56.0 Å². The number of fused-ring (bicyclic) bond motifs is 1. The summed E-state index contributed by atoms with van der Waals surface area (Å²) in [6.45, 7) is 0.464. The maximum absolute atomic E-state index is 13.5. The van der Waals surface area contributed by atoms with Crippen LogP contribution in [0.3, 0.4) is 0 Å². The molecule has 1 aliphatic heterocycles. The van der Waals surface area contributed by atoms with Gasteiger partial charge >= 0.3 is 12.0 Å². The Bertz CT molecular complexity index is 1230. The molecule has 2 aromatic rings. The molecule has 1 aliphatic carbocycles. The molecular weight excluding hydrogens is 500 g/mol. The van der Waals surface area contributed by atoms with E-state index in [1.54, 1.807) is 19.1 Å². The Labute approximate surface area is 219 Å². The van der Waals surface area contributed by atoms with Crippen molar-refractivity contribution in [2.24, 2.45) is 0 Å². The number of carbonyl (C=O) groups excluding carboxylic acids is 2. The van der Waals surface area contributed by atoms with E-state index in [0.717, 1.165) is 17.7 Å². The molecule has 4 rings (SSSR count). The van der Waals surface area contributed by atoms with E-state index < -0.39 is 29.0 Å². The summed E-state index contributed by atoms with van der Waals surface area (Å²) < 4.78 is 37.6. The van der Waals surface area contributed by atoms with Crippen molar-refractivity contribution in [2.75, 3.05) is 26.1 Å². The maximum atomic E-state index is 13.5. The Morgan fingerprint density at radius 1 is 1.03 bits per heavy atom. The summed E-state index contributed by atoms with van der Waals surface area (Å²) in [6, 6.07) is 7.65. The van der Waals surface area contributed by atoms with Crippen molar-refractivity contribution in [1.29, 1.82) is 0 Å². The lowest BCUT2D eigenvalue weighted by Crippen LogP contribution is -2.54. The second-order valence-electron chi connectivity index (χ2n) is 9.67. The van der Waals surface area contributed by atoms with Crippen LogP contribution < -0.4 is 20.1 Å². The van der Waals surface area contributed by atoms with E-state index in [4.69, 9.17) is 14.6 Å². The number of halogens is 2. The summed E-state index contributed by atoms with van der Waals surface area (Å²) in [4.78, 5) is 38.6. The fraction of sp³-hybridized carbons (Fsp3) is 0.444. The molecule has 38 heavy (non-hydrogen) atoms. The molecule has 1 saturated carbocycles. The number of carboxylic acid groups (broad SMARTS) is 1. The first-order valence-electron chi connectivity index (χ1n) is 12.4. The summed E-state index contributed by atoms with van der Waals surface area (Å²) in [6.07, 6.45) is 2.03. The standard InChI is InChI=1S/C27H31F2N3O6/c1-37-21-6-3-16(13-22(21)38-2)27-10-9-18(31-26(36)30-17-4-5-19(28)20(29)14-17)15-23(27)32(12-11-27)24(33)7-8-25(34)35/h3-6,13-14,18,23H,7-12,15H2,1-2H3,(H,34,35)(H2,30,31,36). The van der Waals surface area contributed by atoms with Crippen LogP contribution in [0, 0.1) is 11.6 Å². The van der Waals surface area contributed by atoms with E-state index in [9.17, 15) is 23.2 Å². The molecule has 3 N–H and O–H groups in total. The molecule has 204 valence electrons. The van der Waals surface area contributed by atoms with Crippen molar-refractivity contribution in [3.63, 3.8) is 0 Å². The van der Waals surface area contributed by atoms with E-state index in [1.807, 2.05) is 18.2 Å². The van der Waals surface area contributed by atoms with Crippen LogP contribution in [0.25, 0.3) is 0 Å². The SMILES string of the molecule is COc1ccc(C23CCC(NC(=O)Nc4ccc(F)c(F)c4)CC2N(C(=O)CCC(=O)O)CC3)cc1OC. The first kappa shape index (κ1) is 27.2. The quantitative estimate of drug-likeness (QED) is 0.473. The van der Waals surface area contributed by atoms with E-state index >= 15 is 0 Å². The Morgan fingerprint density at radius 3 is 2.47 bits per heavy atom. The number of ether oxygens (including phenoxy) is 2. The molecular formula is C27H31F2N3O6. The normalized spacial score (nSPS) is 22.4. The minimum atomic E-state index is -1.07. The predicted molar refractivity (Wildman–Crippen MR) is 134 cm³/mol. The lowest BCUT2D eigenvalue weighted by atomic mass is 9.65. The van der Waals surface area contributed by atoms with Crippen LogP contribution in [0.15, 0.2) is 36.4 Å². The van der Waals surface area contributed by atoms with Crippen molar-refractivity contribution >= 4 is 23.6 Å². The van der Waals surface area contributed by atoms with Gasteiger partial charge in [-0.25, -0.2) is 13.6 Å². The summed E-state index contributed by atoms with van der Waals surface area (Å²) in [5.74, 6) is -2.21. The largest absolute Gasteiger partial charge is 0.493 e. The molecule has 1 heterocycles. The van der Waals surface area contributed by atoms with Gasteiger partial charge in [0.25, 0.3) is 0 Å². The van der Waals surface area contributed by atoms with Gasteiger partial charge in [-0.2, -0.15) is 0 Å². The van der Waals surface area contributed by atoms with Gasteiger partial charge in [-0.3, -0.25) is 9.59 Å². The lowest BCUT2D eigenvalue weighted by molar-refractivity contribution is -0.141. The second kappa shape index (κ2) is 11.2. The highest BCUT2D eigenvalue weighted by Crippen LogP contribution is 2.50. The number of urea groups is 1. The van der Waals surface area contributed by atoms with Crippen molar-refractivity contribution < 1.29 is 37.7 Å². The topological polar surface area (TPSA) is 117 Å². The number of amides is 3. The summed E-state index contributed by atoms with van der Waals surface area (Å²) in [5, 5.41) is 14.5. The monoisotopic (exact) mass is 531 g/mol. The number of hydrogen-bond acceptors (Lipinski definition) is 5. The zero-order valence-corrected chi connectivity index (χ0v) is 21.3. The number of carboxylic acids is 1. The van der Waals surface area contributed by atoms with Gasteiger partial charge < -0.3 is 30.1 Å². The Hall–Kier alpha value is -3.89. The number of benzene rings is 2. The summed E-state index contributed by atoms with van der Waals surface area (Å²) in [7, 11) is 3.11. The first-order valence-corrected chi connectivity index (χ1v) is 12.4. The Balaban J connectivity index is 1.56. The number of nitrogens with one attached hydrogen (secondary N) is 2. The number of anilines is 1. The number of likely N-dealkylation sites (tertiary alicyclic amines) is 1. The molecule has 3 amide bonds. The van der Waals surface area contributed by atoms with Crippen LogP contribution >= 0.6 is 0 Å². The number of nitrogens with zero attached hydrogens (tertiary/aromatic N) is 1. The molecule has 3 unspecified atom stereocenters. The molecule has 2 aliphatic rings. The van der Waals surface area contributed by atoms with Crippen LogP contribution in [0.5, 0.6) is 11.5 Å². The maximum Gasteiger partial charge on any atom is 0.319 e. The molecule has 2 fully saturated rings. The van der Waals surface area contributed by atoms with Crippen LogP contribution in [-0.4, -0.2) is 60.8 Å². The molecule has 11 heteroatoms. The van der Waals surface area contributed by atoms with E-state index in [0.29, 0.717) is 43.7 Å². The average Bonchev–Trinajstić information content (AvgIpc) is 3.29. The fourth-order valence-corrected chi connectivity index (χ4v) is 5.74. The number of methoxy groups -OCH3 is 2. The molecule has 0 spiro atoms. The molecule has 0 aromatic heterocycles. The number of carbonyl (C=O) groups is 3. The predicted octanol–water partition coefficient (Wildman–Crippen LogP) is 4.06. The minimum absolute atomic E-state index is 0.109. The van der Waals surface area contributed by atoms with Crippen molar-refractivity contribution in [3.05, 3.63) is 53.6 Å². The fourth-order valence-electron chi connectivity index (χ4n) is 5.74. The summed E-state index contributed by atoms with van der Waals surface area (Å²) >= 11 is 0.